The van der Waals surface area contributed by atoms with E-state index in [0.29, 0.717) is 28.5 Å². The fourth-order valence-electron chi connectivity index (χ4n) is 3.21. The first-order chi connectivity index (χ1) is 15.0. The van der Waals surface area contributed by atoms with E-state index in [0.717, 1.165) is 0 Å². The summed E-state index contributed by atoms with van der Waals surface area (Å²) in [5, 5.41) is 8.51. The standard InChI is InChI=1S/C20H20FN7O3/c1-27(20(29)30-2)17-10-23-19(24-18(17)22)15-9-16(14-7-8-31-26-14)28(25-15)11-12-5-3-4-6-13(12)21/h3-9,17H,10-11H2,1-2H3,(H2,22,23,24). The van der Waals surface area contributed by atoms with Crippen LogP contribution in [0.15, 0.2) is 57.2 Å². The van der Waals surface area contributed by atoms with Gasteiger partial charge in [0.1, 0.15) is 35.3 Å². The van der Waals surface area contributed by atoms with Gasteiger partial charge in [-0.25, -0.2) is 14.2 Å². The van der Waals surface area contributed by atoms with Gasteiger partial charge >= 0.3 is 6.09 Å². The number of methoxy groups -OCH3 is 1. The van der Waals surface area contributed by atoms with Gasteiger partial charge in [-0.1, -0.05) is 23.4 Å². The Bertz CT molecular complexity index is 1150. The molecule has 1 aliphatic rings. The molecule has 11 heteroatoms. The number of nitrogens with zero attached hydrogens (tertiary/aromatic N) is 6. The SMILES string of the molecule is COC(=O)N(C)C1CN=C(c2cc(-c3ccon3)n(Cc3ccccc3F)n2)N=C1N. The number of carbonyl (C=O) groups excluding carboxylic acids is 1. The number of halogens is 1. The first-order valence-corrected chi connectivity index (χ1v) is 9.39. The minimum Gasteiger partial charge on any atom is -0.453 e. The molecule has 160 valence electrons. The molecule has 31 heavy (non-hydrogen) atoms. The minimum atomic E-state index is -0.538. The van der Waals surface area contributed by atoms with Crippen LogP contribution in [0.4, 0.5) is 9.18 Å². The van der Waals surface area contributed by atoms with Crippen LogP contribution in [0.5, 0.6) is 0 Å². The Morgan fingerprint density at radius 1 is 1.35 bits per heavy atom. The van der Waals surface area contributed by atoms with Gasteiger partial charge in [0.15, 0.2) is 5.84 Å². The van der Waals surface area contributed by atoms with Crippen molar-refractivity contribution < 1.29 is 18.4 Å². The maximum absolute atomic E-state index is 14.2. The normalized spacial score (nSPS) is 15.9. The van der Waals surface area contributed by atoms with Crippen molar-refractivity contribution in [2.75, 3.05) is 20.7 Å². The summed E-state index contributed by atoms with van der Waals surface area (Å²) >= 11 is 0. The molecule has 0 fully saturated rings. The van der Waals surface area contributed by atoms with Crippen molar-refractivity contribution in [3.63, 3.8) is 0 Å². The van der Waals surface area contributed by atoms with E-state index in [-0.39, 0.29) is 24.7 Å². The summed E-state index contributed by atoms with van der Waals surface area (Å²) in [5.74, 6) is 0.185. The first kappa shape index (κ1) is 20.3. The number of nitrogens with two attached hydrogens (primary N) is 1. The Kier molecular flexibility index (Phi) is 5.48. The van der Waals surface area contributed by atoms with Crippen molar-refractivity contribution in [1.82, 2.24) is 19.8 Å². The number of rotatable bonds is 5. The van der Waals surface area contributed by atoms with Crippen molar-refractivity contribution in [3.05, 3.63) is 59.7 Å². The number of carbonyl (C=O) groups is 1. The van der Waals surface area contributed by atoms with Gasteiger partial charge in [-0.2, -0.15) is 5.10 Å². The van der Waals surface area contributed by atoms with E-state index >= 15 is 0 Å². The van der Waals surface area contributed by atoms with E-state index in [1.165, 1.54) is 24.3 Å². The molecule has 10 nitrogen and oxygen atoms in total. The number of aliphatic imine (C=N–C) groups is 2. The molecular formula is C20H20FN7O3. The van der Waals surface area contributed by atoms with E-state index in [4.69, 9.17) is 15.0 Å². The van der Waals surface area contributed by atoms with Gasteiger partial charge in [-0.3, -0.25) is 14.6 Å². The third kappa shape index (κ3) is 4.02. The molecule has 1 aliphatic heterocycles. The maximum atomic E-state index is 14.2. The van der Waals surface area contributed by atoms with Crippen LogP contribution in [0.3, 0.4) is 0 Å². The van der Waals surface area contributed by atoms with Crippen molar-refractivity contribution in [1.29, 1.82) is 0 Å². The number of aromatic nitrogens is 3. The Hall–Kier alpha value is -4.02. The number of benzene rings is 1. The summed E-state index contributed by atoms with van der Waals surface area (Å²) in [5.41, 5.74) is 8.14. The van der Waals surface area contributed by atoms with Crippen LogP contribution in [-0.4, -0.2) is 64.3 Å². The summed E-state index contributed by atoms with van der Waals surface area (Å²) in [6, 6.07) is 9.36. The molecular weight excluding hydrogens is 405 g/mol. The first-order valence-electron chi connectivity index (χ1n) is 9.39. The summed E-state index contributed by atoms with van der Waals surface area (Å²) in [7, 11) is 2.85. The molecule has 2 aromatic heterocycles. The molecule has 1 amide bonds. The maximum Gasteiger partial charge on any atom is 0.409 e. The van der Waals surface area contributed by atoms with Gasteiger partial charge in [0.05, 0.1) is 25.9 Å². The highest BCUT2D eigenvalue weighted by Gasteiger charge is 2.28. The average Bonchev–Trinajstić information content (AvgIpc) is 3.44. The number of hydrogen-bond acceptors (Lipinski definition) is 8. The Morgan fingerprint density at radius 3 is 2.84 bits per heavy atom. The fourth-order valence-corrected chi connectivity index (χ4v) is 3.21. The van der Waals surface area contributed by atoms with Gasteiger partial charge in [0, 0.05) is 18.7 Å². The lowest BCUT2D eigenvalue weighted by atomic mass is 10.2. The van der Waals surface area contributed by atoms with Crippen molar-refractivity contribution in [3.8, 4) is 11.4 Å². The Morgan fingerprint density at radius 2 is 2.16 bits per heavy atom. The predicted molar refractivity (Wildman–Crippen MR) is 110 cm³/mol. The number of ether oxygens (including phenoxy) is 1. The molecule has 0 aliphatic carbocycles. The summed E-state index contributed by atoms with van der Waals surface area (Å²) in [4.78, 5) is 21.9. The third-order valence-electron chi connectivity index (χ3n) is 4.91. The largest absolute Gasteiger partial charge is 0.453 e. The lowest BCUT2D eigenvalue weighted by Crippen LogP contribution is -2.49. The van der Waals surface area contributed by atoms with E-state index < -0.39 is 12.1 Å². The number of hydrogen-bond donors (Lipinski definition) is 1. The summed E-state index contributed by atoms with van der Waals surface area (Å²) in [6.45, 7) is 0.380. The van der Waals surface area contributed by atoms with E-state index in [2.05, 4.69) is 20.2 Å². The van der Waals surface area contributed by atoms with Crippen LogP contribution < -0.4 is 5.73 Å². The highest BCUT2D eigenvalue weighted by molar-refractivity contribution is 6.08. The van der Waals surface area contributed by atoms with Gasteiger partial charge in [0.2, 0.25) is 0 Å². The highest BCUT2D eigenvalue weighted by atomic mass is 19.1. The van der Waals surface area contributed by atoms with E-state index in [1.807, 2.05) is 0 Å². The molecule has 3 heterocycles. The molecule has 0 spiro atoms. The lowest BCUT2D eigenvalue weighted by Gasteiger charge is -2.27. The monoisotopic (exact) mass is 425 g/mol. The molecule has 2 N–H and O–H groups in total. The summed E-state index contributed by atoms with van der Waals surface area (Å²) in [6.07, 6.45) is 0.904. The molecule has 0 radical (unpaired) electrons. The molecule has 3 aromatic rings. The quantitative estimate of drug-likeness (QED) is 0.666. The number of amides is 1. The van der Waals surface area contributed by atoms with Crippen LogP contribution in [0.25, 0.3) is 11.4 Å². The van der Waals surface area contributed by atoms with E-state index in [1.54, 1.807) is 42.1 Å². The smallest absolute Gasteiger partial charge is 0.409 e. The molecule has 0 saturated carbocycles. The molecule has 0 bridgehead atoms. The van der Waals surface area contributed by atoms with Crippen molar-refractivity contribution in [2.45, 2.75) is 12.6 Å². The fraction of sp³-hybridized carbons (Fsp3) is 0.250. The Labute approximate surface area is 176 Å². The minimum absolute atomic E-state index is 0.176. The van der Waals surface area contributed by atoms with Crippen LogP contribution in [0.1, 0.15) is 11.3 Å². The number of likely N-dealkylation sites (N-methyl/N-ethyl adjacent to an activating group) is 1. The van der Waals surface area contributed by atoms with Gasteiger partial charge < -0.3 is 15.0 Å². The second-order valence-electron chi connectivity index (χ2n) is 6.85. The van der Waals surface area contributed by atoms with Crippen molar-refractivity contribution >= 4 is 17.8 Å². The molecule has 4 rings (SSSR count). The van der Waals surface area contributed by atoms with Gasteiger partial charge in [-0.15, -0.1) is 0 Å². The predicted octanol–water partition coefficient (Wildman–Crippen LogP) is 1.91. The topological polar surface area (TPSA) is 124 Å². The van der Waals surface area contributed by atoms with Crippen LogP contribution in [0.2, 0.25) is 0 Å². The summed E-state index contributed by atoms with van der Waals surface area (Å²) < 4.78 is 25.5. The lowest BCUT2D eigenvalue weighted by molar-refractivity contribution is 0.128. The zero-order valence-corrected chi connectivity index (χ0v) is 16.9. The van der Waals surface area contributed by atoms with Crippen LogP contribution in [0, 0.1) is 5.82 Å². The second-order valence-corrected chi connectivity index (χ2v) is 6.85. The molecule has 0 saturated heterocycles. The molecule has 1 atom stereocenters. The van der Waals surface area contributed by atoms with Crippen LogP contribution in [-0.2, 0) is 11.3 Å². The third-order valence-corrected chi connectivity index (χ3v) is 4.91. The van der Waals surface area contributed by atoms with Crippen LogP contribution >= 0.6 is 0 Å². The Balaban J connectivity index is 1.66. The second kappa shape index (κ2) is 8.38. The average molecular weight is 425 g/mol. The zero-order chi connectivity index (χ0) is 22.0. The molecule has 1 unspecified atom stereocenters. The van der Waals surface area contributed by atoms with E-state index in [9.17, 15) is 9.18 Å². The molecule has 1 aromatic carbocycles. The van der Waals surface area contributed by atoms with Gasteiger partial charge in [-0.05, 0) is 12.1 Å². The van der Waals surface area contributed by atoms with Gasteiger partial charge in [0.25, 0.3) is 0 Å². The number of amidine groups is 2. The van der Waals surface area contributed by atoms with Crippen molar-refractivity contribution in [2.24, 2.45) is 15.7 Å². The highest BCUT2D eigenvalue weighted by Crippen LogP contribution is 2.22. The zero-order valence-electron chi connectivity index (χ0n) is 16.9.